The summed E-state index contributed by atoms with van der Waals surface area (Å²) in [5.74, 6) is 0.159. The highest BCUT2D eigenvalue weighted by atomic mass is 16.5. The van der Waals surface area contributed by atoms with Crippen molar-refractivity contribution >= 4 is 5.91 Å². The molecule has 0 radical (unpaired) electrons. The Kier molecular flexibility index (Phi) is 6.11. The summed E-state index contributed by atoms with van der Waals surface area (Å²) >= 11 is 0. The van der Waals surface area contributed by atoms with Gasteiger partial charge in [-0.1, -0.05) is 18.2 Å². The zero-order valence-corrected chi connectivity index (χ0v) is 16.4. The van der Waals surface area contributed by atoms with E-state index in [-0.39, 0.29) is 5.91 Å². The third kappa shape index (κ3) is 4.23. The number of carbonyl (C=O) groups excluding carboxylic acids is 1. The number of benzene rings is 2. The number of ether oxygens (including phenoxy) is 1. The Hall–Kier alpha value is -3.12. The van der Waals surface area contributed by atoms with Gasteiger partial charge in [0.25, 0.3) is 5.91 Å². The lowest BCUT2D eigenvalue weighted by atomic mass is 9.96. The number of phenolic OH excluding ortho intramolecular Hbond substituents is 1. The maximum Gasteiger partial charge on any atom is 0.251 e. The molecule has 3 aromatic rings. The molecule has 0 fully saturated rings. The SMILES string of the molecule is COCCn1cncc1CNC(=O)c1ccc(-c2ccc(O)c(C)c2C)cc1. The Bertz CT molecular complexity index is 962. The van der Waals surface area contributed by atoms with Gasteiger partial charge in [-0.2, -0.15) is 0 Å². The number of nitrogens with one attached hydrogen (secondary N) is 1. The highest BCUT2D eigenvalue weighted by Crippen LogP contribution is 2.30. The lowest BCUT2D eigenvalue weighted by Crippen LogP contribution is -2.24. The van der Waals surface area contributed by atoms with Crippen molar-refractivity contribution < 1.29 is 14.6 Å². The smallest absolute Gasteiger partial charge is 0.251 e. The maximum absolute atomic E-state index is 12.5. The molecule has 0 saturated heterocycles. The van der Waals surface area contributed by atoms with Crippen LogP contribution in [0, 0.1) is 13.8 Å². The van der Waals surface area contributed by atoms with E-state index in [0.717, 1.165) is 27.9 Å². The van der Waals surface area contributed by atoms with Crippen LogP contribution in [0.5, 0.6) is 5.75 Å². The molecule has 0 aliphatic carbocycles. The van der Waals surface area contributed by atoms with Crippen LogP contribution in [0.1, 0.15) is 27.2 Å². The number of nitrogens with zero attached hydrogens (tertiary/aromatic N) is 2. The highest BCUT2D eigenvalue weighted by molar-refractivity contribution is 5.94. The van der Waals surface area contributed by atoms with E-state index in [2.05, 4.69) is 10.3 Å². The second-order valence-corrected chi connectivity index (χ2v) is 6.71. The molecule has 0 unspecified atom stereocenters. The first-order valence-corrected chi connectivity index (χ1v) is 9.17. The van der Waals surface area contributed by atoms with Gasteiger partial charge in [0.15, 0.2) is 0 Å². The van der Waals surface area contributed by atoms with Crippen molar-refractivity contribution in [3.63, 3.8) is 0 Å². The van der Waals surface area contributed by atoms with Crippen LogP contribution in [0.2, 0.25) is 0 Å². The predicted molar refractivity (Wildman–Crippen MR) is 108 cm³/mol. The van der Waals surface area contributed by atoms with Crippen molar-refractivity contribution in [2.45, 2.75) is 26.9 Å². The predicted octanol–water partition coefficient (Wildman–Crippen LogP) is 3.45. The minimum Gasteiger partial charge on any atom is -0.508 e. The van der Waals surface area contributed by atoms with Crippen molar-refractivity contribution in [3.05, 3.63) is 71.3 Å². The Morgan fingerprint density at radius 1 is 1.14 bits per heavy atom. The molecule has 1 amide bonds. The molecule has 0 aliphatic heterocycles. The Morgan fingerprint density at radius 2 is 1.89 bits per heavy atom. The summed E-state index contributed by atoms with van der Waals surface area (Å²) in [7, 11) is 1.66. The second kappa shape index (κ2) is 8.71. The van der Waals surface area contributed by atoms with Crippen LogP contribution in [-0.4, -0.2) is 34.3 Å². The molecule has 6 heteroatoms. The van der Waals surface area contributed by atoms with Gasteiger partial charge in [0.2, 0.25) is 0 Å². The van der Waals surface area contributed by atoms with Crippen molar-refractivity contribution in [1.29, 1.82) is 0 Å². The van der Waals surface area contributed by atoms with Gasteiger partial charge in [-0.3, -0.25) is 4.79 Å². The molecule has 1 aromatic heterocycles. The number of aromatic hydroxyl groups is 1. The molecule has 0 spiro atoms. The molecule has 146 valence electrons. The van der Waals surface area contributed by atoms with Crippen LogP contribution in [0.25, 0.3) is 11.1 Å². The van der Waals surface area contributed by atoms with E-state index >= 15 is 0 Å². The van der Waals surface area contributed by atoms with E-state index in [9.17, 15) is 9.90 Å². The van der Waals surface area contributed by atoms with Gasteiger partial charge < -0.3 is 19.7 Å². The first kappa shape index (κ1) is 19.6. The number of aromatic nitrogens is 2. The first-order valence-electron chi connectivity index (χ1n) is 9.17. The molecule has 0 atom stereocenters. The summed E-state index contributed by atoms with van der Waals surface area (Å²) in [5, 5.41) is 12.8. The third-order valence-electron chi connectivity index (χ3n) is 4.98. The number of hydrogen-bond acceptors (Lipinski definition) is 4. The van der Waals surface area contributed by atoms with Crippen molar-refractivity contribution in [2.75, 3.05) is 13.7 Å². The number of imidazole rings is 1. The minimum absolute atomic E-state index is 0.135. The normalized spacial score (nSPS) is 10.8. The first-order chi connectivity index (χ1) is 13.5. The molecule has 6 nitrogen and oxygen atoms in total. The van der Waals surface area contributed by atoms with Crippen LogP contribution in [0.15, 0.2) is 48.9 Å². The topological polar surface area (TPSA) is 76.4 Å². The standard InChI is InChI=1S/C22H25N3O3/c1-15-16(2)21(26)9-8-20(15)17-4-6-18(7-5-17)22(27)24-13-19-12-23-14-25(19)10-11-28-3/h4-9,12,14,26H,10-11,13H2,1-3H3,(H,24,27). The van der Waals surface area contributed by atoms with Crippen molar-refractivity contribution in [1.82, 2.24) is 14.9 Å². The van der Waals surface area contributed by atoms with E-state index in [1.54, 1.807) is 25.7 Å². The van der Waals surface area contributed by atoms with E-state index < -0.39 is 0 Å². The maximum atomic E-state index is 12.5. The number of rotatable bonds is 7. The quantitative estimate of drug-likeness (QED) is 0.659. The molecular formula is C22H25N3O3. The van der Waals surface area contributed by atoms with E-state index in [0.29, 0.717) is 31.0 Å². The average Bonchev–Trinajstić information content (AvgIpc) is 3.16. The van der Waals surface area contributed by atoms with Crippen LogP contribution >= 0.6 is 0 Å². The fourth-order valence-electron chi connectivity index (χ4n) is 3.08. The molecule has 1 heterocycles. The van der Waals surface area contributed by atoms with Gasteiger partial charge in [-0.15, -0.1) is 0 Å². The van der Waals surface area contributed by atoms with E-state index in [1.165, 1.54) is 0 Å². The summed E-state index contributed by atoms with van der Waals surface area (Å²) < 4.78 is 7.05. The number of amides is 1. The molecule has 0 bridgehead atoms. The van der Waals surface area contributed by atoms with Crippen LogP contribution in [0.3, 0.4) is 0 Å². The molecular weight excluding hydrogens is 354 g/mol. The Labute approximate surface area is 164 Å². The van der Waals surface area contributed by atoms with E-state index in [1.807, 2.05) is 48.7 Å². The second-order valence-electron chi connectivity index (χ2n) is 6.71. The van der Waals surface area contributed by atoms with Crippen LogP contribution in [-0.2, 0) is 17.8 Å². The third-order valence-corrected chi connectivity index (χ3v) is 4.98. The zero-order chi connectivity index (χ0) is 20.1. The molecule has 28 heavy (non-hydrogen) atoms. The van der Waals surface area contributed by atoms with Gasteiger partial charge in [0.1, 0.15) is 5.75 Å². The summed E-state index contributed by atoms with van der Waals surface area (Å²) in [4.78, 5) is 16.6. The summed E-state index contributed by atoms with van der Waals surface area (Å²) in [5.41, 5.74) is 5.47. The lowest BCUT2D eigenvalue weighted by molar-refractivity contribution is 0.0950. The molecule has 0 saturated carbocycles. The van der Waals surface area contributed by atoms with Gasteiger partial charge in [0.05, 0.1) is 25.2 Å². The highest BCUT2D eigenvalue weighted by Gasteiger charge is 2.10. The lowest BCUT2D eigenvalue weighted by Gasteiger charge is -2.12. The summed E-state index contributed by atoms with van der Waals surface area (Å²) in [6.07, 6.45) is 3.48. The molecule has 0 aliphatic rings. The van der Waals surface area contributed by atoms with Crippen molar-refractivity contribution in [2.24, 2.45) is 0 Å². The van der Waals surface area contributed by atoms with Crippen LogP contribution < -0.4 is 5.32 Å². The van der Waals surface area contributed by atoms with E-state index in [4.69, 9.17) is 4.74 Å². The van der Waals surface area contributed by atoms with Gasteiger partial charge in [0, 0.05) is 25.4 Å². The fourth-order valence-corrected chi connectivity index (χ4v) is 3.08. The Balaban J connectivity index is 1.68. The number of methoxy groups -OCH3 is 1. The van der Waals surface area contributed by atoms with Gasteiger partial charge in [-0.05, 0) is 54.3 Å². The van der Waals surface area contributed by atoms with Crippen molar-refractivity contribution in [3.8, 4) is 16.9 Å². The number of carbonyl (C=O) groups is 1. The monoisotopic (exact) mass is 379 g/mol. The number of phenols is 1. The largest absolute Gasteiger partial charge is 0.508 e. The Morgan fingerprint density at radius 3 is 2.61 bits per heavy atom. The molecule has 2 aromatic carbocycles. The fraction of sp³-hybridized carbons (Fsp3) is 0.273. The zero-order valence-electron chi connectivity index (χ0n) is 16.4. The van der Waals surface area contributed by atoms with Gasteiger partial charge in [-0.25, -0.2) is 4.98 Å². The van der Waals surface area contributed by atoms with Crippen LogP contribution in [0.4, 0.5) is 0 Å². The minimum atomic E-state index is -0.135. The summed E-state index contributed by atoms with van der Waals surface area (Å²) in [6, 6.07) is 11.1. The molecule has 2 N–H and O–H groups in total. The number of hydrogen-bond donors (Lipinski definition) is 2. The summed E-state index contributed by atoms with van der Waals surface area (Å²) in [6.45, 7) is 5.57. The van der Waals surface area contributed by atoms with Gasteiger partial charge >= 0.3 is 0 Å². The molecule has 3 rings (SSSR count). The average molecular weight is 379 g/mol.